The SMILES string of the molecule is C=C[C@H](OCc1ccccc1)[C@@H](NC(=O)OCc1ccccc1)c1ccc(OC)cc1. The second kappa shape index (κ2) is 11.6. The van der Waals surface area contributed by atoms with Gasteiger partial charge in [-0.1, -0.05) is 78.9 Å². The molecule has 0 fully saturated rings. The second-order valence-electron chi connectivity index (χ2n) is 6.95. The summed E-state index contributed by atoms with van der Waals surface area (Å²) in [5.74, 6) is 0.731. The van der Waals surface area contributed by atoms with Gasteiger partial charge in [-0.05, 0) is 28.8 Å². The van der Waals surface area contributed by atoms with Crippen molar-refractivity contribution in [2.75, 3.05) is 7.11 Å². The van der Waals surface area contributed by atoms with Crippen molar-refractivity contribution >= 4 is 6.09 Å². The maximum Gasteiger partial charge on any atom is 0.408 e. The first-order valence-corrected chi connectivity index (χ1v) is 10.1. The van der Waals surface area contributed by atoms with Gasteiger partial charge < -0.3 is 19.5 Å². The number of alkyl carbamates (subject to hydrolysis) is 1. The zero-order valence-electron chi connectivity index (χ0n) is 17.6. The van der Waals surface area contributed by atoms with Gasteiger partial charge in [0, 0.05) is 0 Å². The van der Waals surface area contributed by atoms with Crippen molar-refractivity contribution < 1.29 is 19.0 Å². The summed E-state index contributed by atoms with van der Waals surface area (Å²) in [6, 6.07) is 26.4. The van der Waals surface area contributed by atoms with E-state index in [-0.39, 0.29) is 6.61 Å². The van der Waals surface area contributed by atoms with Crippen molar-refractivity contribution in [3.05, 3.63) is 114 Å². The van der Waals surface area contributed by atoms with E-state index >= 15 is 0 Å². The van der Waals surface area contributed by atoms with Crippen LogP contribution in [0.15, 0.2) is 97.6 Å². The van der Waals surface area contributed by atoms with Gasteiger partial charge in [-0.2, -0.15) is 0 Å². The molecule has 5 nitrogen and oxygen atoms in total. The number of benzene rings is 3. The molecule has 1 amide bonds. The van der Waals surface area contributed by atoms with Crippen LogP contribution in [0.1, 0.15) is 22.7 Å². The zero-order valence-corrected chi connectivity index (χ0v) is 17.6. The predicted octanol–water partition coefficient (Wildman–Crippen LogP) is 5.43. The van der Waals surface area contributed by atoms with Crippen molar-refractivity contribution in [1.82, 2.24) is 5.32 Å². The predicted molar refractivity (Wildman–Crippen MR) is 121 cm³/mol. The molecule has 0 aliphatic rings. The van der Waals surface area contributed by atoms with Gasteiger partial charge in [0.15, 0.2) is 0 Å². The lowest BCUT2D eigenvalue weighted by Gasteiger charge is -2.26. The average Bonchev–Trinajstić information content (AvgIpc) is 2.83. The van der Waals surface area contributed by atoms with E-state index in [2.05, 4.69) is 11.9 Å². The first-order chi connectivity index (χ1) is 15.2. The fourth-order valence-corrected chi connectivity index (χ4v) is 3.13. The number of nitrogens with one attached hydrogen (secondary N) is 1. The highest BCUT2D eigenvalue weighted by Gasteiger charge is 2.24. The highest BCUT2D eigenvalue weighted by atomic mass is 16.5. The molecule has 0 spiro atoms. The van der Waals surface area contributed by atoms with Gasteiger partial charge in [-0.3, -0.25) is 0 Å². The number of hydrogen-bond donors (Lipinski definition) is 1. The molecule has 0 aromatic heterocycles. The summed E-state index contributed by atoms with van der Waals surface area (Å²) in [6.45, 7) is 4.49. The van der Waals surface area contributed by atoms with Crippen LogP contribution in [0.4, 0.5) is 4.79 Å². The smallest absolute Gasteiger partial charge is 0.408 e. The van der Waals surface area contributed by atoms with Gasteiger partial charge in [0.2, 0.25) is 0 Å². The summed E-state index contributed by atoms with van der Waals surface area (Å²) in [7, 11) is 1.61. The lowest BCUT2D eigenvalue weighted by Crippen LogP contribution is -2.37. The molecule has 0 bridgehead atoms. The molecule has 160 valence electrons. The normalized spacial score (nSPS) is 12.4. The Bertz CT molecular complexity index is 942. The third kappa shape index (κ3) is 6.73. The van der Waals surface area contributed by atoms with Crippen LogP contribution < -0.4 is 10.1 Å². The third-order valence-electron chi connectivity index (χ3n) is 4.81. The molecule has 1 N–H and O–H groups in total. The monoisotopic (exact) mass is 417 g/mol. The van der Waals surface area contributed by atoms with Crippen LogP contribution in [0.25, 0.3) is 0 Å². The van der Waals surface area contributed by atoms with Crippen molar-refractivity contribution in [3.63, 3.8) is 0 Å². The molecule has 0 heterocycles. The van der Waals surface area contributed by atoms with E-state index in [1.165, 1.54) is 0 Å². The van der Waals surface area contributed by atoms with E-state index in [1.807, 2.05) is 84.9 Å². The van der Waals surface area contributed by atoms with E-state index in [0.717, 1.165) is 22.4 Å². The number of amides is 1. The van der Waals surface area contributed by atoms with Crippen molar-refractivity contribution in [2.45, 2.75) is 25.4 Å². The van der Waals surface area contributed by atoms with Crippen LogP contribution in [-0.4, -0.2) is 19.3 Å². The number of hydrogen-bond acceptors (Lipinski definition) is 4. The molecule has 3 rings (SSSR count). The Balaban J connectivity index is 1.72. The molecule has 0 unspecified atom stereocenters. The first kappa shape index (κ1) is 22.1. The van der Waals surface area contributed by atoms with E-state index in [9.17, 15) is 4.79 Å². The number of carbonyl (C=O) groups excluding carboxylic acids is 1. The maximum absolute atomic E-state index is 12.6. The topological polar surface area (TPSA) is 56.8 Å². The van der Waals surface area contributed by atoms with Crippen molar-refractivity contribution in [3.8, 4) is 5.75 Å². The Labute approximate surface area is 183 Å². The summed E-state index contributed by atoms with van der Waals surface area (Å²) < 4.78 is 16.8. The molecular weight excluding hydrogens is 390 g/mol. The van der Waals surface area contributed by atoms with Crippen molar-refractivity contribution in [2.24, 2.45) is 0 Å². The zero-order chi connectivity index (χ0) is 21.9. The molecule has 5 heteroatoms. The van der Waals surface area contributed by atoms with Gasteiger partial charge in [-0.15, -0.1) is 6.58 Å². The van der Waals surface area contributed by atoms with Gasteiger partial charge >= 0.3 is 6.09 Å². The summed E-state index contributed by atoms with van der Waals surface area (Å²) in [5, 5.41) is 2.93. The molecule has 3 aromatic carbocycles. The molecule has 0 aliphatic carbocycles. The number of rotatable bonds is 10. The summed E-state index contributed by atoms with van der Waals surface area (Å²) in [4.78, 5) is 12.6. The summed E-state index contributed by atoms with van der Waals surface area (Å²) in [6.07, 6.45) is 0.702. The van der Waals surface area contributed by atoms with Gasteiger partial charge in [0.1, 0.15) is 18.5 Å². The van der Waals surface area contributed by atoms with Gasteiger partial charge in [0.05, 0.1) is 19.8 Å². The largest absolute Gasteiger partial charge is 0.497 e. The molecule has 0 radical (unpaired) electrons. The quantitative estimate of drug-likeness (QED) is 0.447. The molecule has 0 saturated carbocycles. The van der Waals surface area contributed by atoms with Crippen LogP contribution >= 0.6 is 0 Å². The van der Waals surface area contributed by atoms with Gasteiger partial charge in [0.25, 0.3) is 0 Å². The fraction of sp³-hybridized carbons (Fsp3) is 0.192. The van der Waals surface area contributed by atoms with Crippen LogP contribution in [0, 0.1) is 0 Å². The van der Waals surface area contributed by atoms with Crippen LogP contribution in [0.2, 0.25) is 0 Å². The minimum absolute atomic E-state index is 0.186. The van der Waals surface area contributed by atoms with Crippen molar-refractivity contribution in [1.29, 1.82) is 0 Å². The molecule has 2 atom stereocenters. The first-order valence-electron chi connectivity index (χ1n) is 10.1. The minimum atomic E-state index is -0.528. The molecule has 0 aliphatic heterocycles. The van der Waals surface area contributed by atoms with E-state index in [1.54, 1.807) is 13.2 Å². The summed E-state index contributed by atoms with van der Waals surface area (Å²) >= 11 is 0. The van der Waals surface area contributed by atoms with E-state index in [0.29, 0.717) is 6.61 Å². The second-order valence-corrected chi connectivity index (χ2v) is 6.95. The highest BCUT2D eigenvalue weighted by Crippen LogP contribution is 2.24. The minimum Gasteiger partial charge on any atom is -0.497 e. The number of carbonyl (C=O) groups is 1. The standard InChI is InChI=1S/C26H27NO4/c1-3-24(30-18-20-10-6-4-7-11-20)25(22-14-16-23(29-2)17-15-22)27-26(28)31-19-21-12-8-5-9-13-21/h3-17,24-25H,1,18-19H2,2H3,(H,27,28)/t24-,25-/m0/s1. The lowest BCUT2D eigenvalue weighted by molar-refractivity contribution is 0.0426. The molecular formula is C26H27NO4. The molecule has 0 saturated heterocycles. The van der Waals surface area contributed by atoms with Crippen LogP contribution in [-0.2, 0) is 22.7 Å². The van der Waals surface area contributed by atoms with Crippen LogP contribution in [0.3, 0.4) is 0 Å². The Morgan fingerprint density at radius 2 is 1.48 bits per heavy atom. The Morgan fingerprint density at radius 3 is 2.03 bits per heavy atom. The van der Waals surface area contributed by atoms with E-state index < -0.39 is 18.2 Å². The van der Waals surface area contributed by atoms with Gasteiger partial charge in [-0.25, -0.2) is 4.79 Å². The Kier molecular flexibility index (Phi) is 8.26. The number of methoxy groups -OCH3 is 1. The Hall–Kier alpha value is -3.57. The fourth-order valence-electron chi connectivity index (χ4n) is 3.13. The average molecular weight is 418 g/mol. The lowest BCUT2D eigenvalue weighted by atomic mass is 10.0. The molecule has 31 heavy (non-hydrogen) atoms. The summed E-state index contributed by atoms with van der Waals surface area (Å²) in [5.41, 5.74) is 2.81. The highest BCUT2D eigenvalue weighted by molar-refractivity contribution is 5.68. The van der Waals surface area contributed by atoms with Crippen LogP contribution in [0.5, 0.6) is 5.75 Å². The maximum atomic E-state index is 12.6. The Morgan fingerprint density at radius 1 is 0.903 bits per heavy atom. The van der Waals surface area contributed by atoms with E-state index in [4.69, 9.17) is 14.2 Å². The molecule has 3 aromatic rings. The third-order valence-corrected chi connectivity index (χ3v) is 4.81. The number of ether oxygens (including phenoxy) is 3.